The zero-order chi connectivity index (χ0) is 17.1. The van der Waals surface area contributed by atoms with Crippen LogP contribution in [0.3, 0.4) is 0 Å². The molecule has 0 aliphatic heterocycles. The summed E-state index contributed by atoms with van der Waals surface area (Å²) < 4.78 is 0. The summed E-state index contributed by atoms with van der Waals surface area (Å²) in [6, 6.07) is 26.6. The summed E-state index contributed by atoms with van der Waals surface area (Å²) >= 11 is 1.50. The second-order valence-corrected chi connectivity index (χ2v) is 6.50. The molecule has 0 amide bonds. The first-order valence-electron chi connectivity index (χ1n) is 7.96. The van der Waals surface area contributed by atoms with Crippen LogP contribution < -0.4 is 0 Å². The Kier molecular flexibility index (Phi) is 4.12. The van der Waals surface area contributed by atoms with Crippen molar-refractivity contribution in [2.75, 3.05) is 0 Å². The van der Waals surface area contributed by atoms with Gasteiger partial charge in [-0.15, -0.1) is 11.3 Å². The topological polar surface area (TPSA) is 36.7 Å². The van der Waals surface area contributed by atoms with Crippen LogP contribution >= 0.6 is 11.3 Å². The molecule has 0 radical (unpaired) electrons. The largest absolute Gasteiger partial charge is 0.235 e. The standard InChI is InChI=1S/C22H14N2S/c23-14-19(13-18-11-6-10-16-7-4-5-12-20(16)18)22-24-21(15-25-22)17-8-2-1-3-9-17/h1-13,15H. The number of nitrogens with zero attached hydrogens (tertiary/aromatic N) is 2. The quantitative estimate of drug-likeness (QED) is 0.428. The van der Waals surface area contributed by atoms with Gasteiger partial charge in [0, 0.05) is 10.9 Å². The highest BCUT2D eigenvalue weighted by molar-refractivity contribution is 7.11. The number of fused-ring (bicyclic) bond motifs is 1. The minimum absolute atomic E-state index is 0.587. The molecule has 4 aromatic rings. The number of allylic oxidation sites excluding steroid dienone is 1. The number of thiazole rings is 1. The maximum atomic E-state index is 9.64. The Morgan fingerprint density at radius 2 is 1.68 bits per heavy atom. The number of hydrogen-bond donors (Lipinski definition) is 0. The van der Waals surface area contributed by atoms with Crippen molar-refractivity contribution in [1.29, 1.82) is 5.26 Å². The molecule has 4 rings (SSSR count). The van der Waals surface area contributed by atoms with Crippen LogP contribution in [-0.2, 0) is 0 Å². The van der Waals surface area contributed by atoms with Crippen molar-refractivity contribution < 1.29 is 0 Å². The molecule has 0 saturated carbocycles. The molecule has 0 aliphatic carbocycles. The van der Waals surface area contributed by atoms with Gasteiger partial charge in [-0.2, -0.15) is 5.26 Å². The van der Waals surface area contributed by atoms with Gasteiger partial charge in [0.2, 0.25) is 0 Å². The Balaban J connectivity index is 1.77. The van der Waals surface area contributed by atoms with Crippen LogP contribution in [0.25, 0.3) is 33.7 Å². The van der Waals surface area contributed by atoms with Crippen molar-refractivity contribution in [3.63, 3.8) is 0 Å². The second-order valence-electron chi connectivity index (χ2n) is 5.64. The van der Waals surface area contributed by atoms with E-state index in [1.165, 1.54) is 11.3 Å². The van der Waals surface area contributed by atoms with Gasteiger partial charge in [0.25, 0.3) is 0 Å². The molecular formula is C22H14N2S. The van der Waals surface area contributed by atoms with Crippen LogP contribution in [-0.4, -0.2) is 4.98 Å². The number of rotatable bonds is 3. The maximum Gasteiger partial charge on any atom is 0.134 e. The first-order chi connectivity index (χ1) is 12.3. The SMILES string of the molecule is N#CC(=Cc1cccc2ccccc12)c1nc(-c2ccccc2)cs1. The summed E-state index contributed by atoms with van der Waals surface area (Å²) in [6.07, 6.45) is 1.93. The van der Waals surface area contributed by atoms with E-state index in [4.69, 9.17) is 0 Å². The van der Waals surface area contributed by atoms with E-state index in [1.54, 1.807) is 0 Å². The minimum Gasteiger partial charge on any atom is -0.235 e. The maximum absolute atomic E-state index is 9.64. The predicted molar refractivity (Wildman–Crippen MR) is 105 cm³/mol. The Morgan fingerprint density at radius 3 is 2.52 bits per heavy atom. The number of aromatic nitrogens is 1. The minimum atomic E-state index is 0.587. The van der Waals surface area contributed by atoms with Crippen LogP contribution in [0, 0.1) is 11.3 Å². The fraction of sp³-hybridized carbons (Fsp3) is 0. The van der Waals surface area contributed by atoms with Gasteiger partial charge in [-0.1, -0.05) is 72.8 Å². The number of nitriles is 1. The van der Waals surface area contributed by atoms with Gasteiger partial charge >= 0.3 is 0 Å². The van der Waals surface area contributed by atoms with Crippen molar-refractivity contribution in [2.45, 2.75) is 0 Å². The molecule has 3 heteroatoms. The Morgan fingerprint density at radius 1 is 0.920 bits per heavy atom. The fourth-order valence-electron chi connectivity index (χ4n) is 2.81. The fourth-order valence-corrected chi connectivity index (χ4v) is 3.61. The highest BCUT2D eigenvalue weighted by Gasteiger charge is 2.09. The molecule has 0 atom stereocenters. The van der Waals surface area contributed by atoms with E-state index in [-0.39, 0.29) is 0 Å². The van der Waals surface area contributed by atoms with Gasteiger partial charge in [-0.25, -0.2) is 4.98 Å². The lowest BCUT2D eigenvalue weighted by Gasteiger charge is -2.02. The molecule has 0 spiro atoms. The summed E-state index contributed by atoms with van der Waals surface area (Å²) in [5, 5.41) is 14.7. The van der Waals surface area contributed by atoms with E-state index >= 15 is 0 Å². The third-order valence-electron chi connectivity index (χ3n) is 4.05. The van der Waals surface area contributed by atoms with Gasteiger partial charge in [-0.3, -0.25) is 0 Å². The van der Waals surface area contributed by atoms with E-state index in [0.29, 0.717) is 5.57 Å². The van der Waals surface area contributed by atoms with E-state index in [0.717, 1.165) is 32.6 Å². The molecule has 0 bridgehead atoms. The van der Waals surface area contributed by atoms with Crippen molar-refractivity contribution >= 4 is 33.8 Å². The van der Waals surface area contributed by atoms with E-state index < -0.39 is 0 Å². The summed E-state index contributed by atoms with van der Waals surface area (Å²) in [4.78, 5) is 4.66. The Labute approximate surface area is 150 Å². The van der Waals surface area contributed by atoms with E-state index in [9.17, 15) is 5.26 Å². The molecule has 118 valence electrons. The zero-order valence-corrected chi connectivity index (χ0v) is 14.2. The molecule has 1 heterocycles. The van der Waals surface area contributed by atoms with Crippen LogP contribution in [0.2, 0.25) is 0 Å². The average molecular weight is 338 g/mol. The Bertz CT molecular complexity index is 1100. The smallest absolute Gasteiger partial charge is 0.134 e. The van der Waals surface area contributed by atoms with Crippen molar-refractivity contribution in [1.82, 2.24) is 4.98 Å². The Hall–Kier alpha value is -3.22. The van der Waals surface area contributed by atoms with Crippen molar-refractivity contribution in [3.05, 3.63) is 88.7 Å². The first kappa shape index (κ1) is 15.3. The monoisotopic (exact) mass is 338 g/mol. The van der Waals surface area contributed by atoms with E-state index in [2.05, 4.69) is 29.3 Å². The van der Waals surface area contributed by atoms with Gasteiger partial charge < -0.3 is 0 Å². The highest BCUT2D eigenvalue weighted by atomic mass is 32.1. The van der Waals surface area contributed by atoms with Crippen LogP contribution in [0.15, 0.2) is 78.2 Å². The average Bonchev–Trinajstić information content (AvgIpc) is 3.17. The molecule has 0 unspecified atom stereocenters. The lowest BCUT2D eigenvalue weighted by Crippen LogP contribution is -1.84. The highest BCUT2D eigenvalue weighted by Crippen LogP contribution is 2.28. The third kappa shape index (κ3) is 3.08. The number of hydrogen-bond acceptors (Lipinski definition) is 3. The molecule has 25 heavy (non-hydrogen) atoms. The summed E-state index contributed by atoms with van der Waals surface area (Å²) in [7, 11) is 0. The normalized spacial score (nSPS) is 11.4. The van der Waals surface area contributed by atoms with Crippen LogP contribution in [0.1, 0.15) is 10.6 Å². The molecule has 2 nitrogen and oxygen atoms in total. The van der Waals surface area contributed by atoms with Crippen LogP contribution in [0.4, 0.5) is 0 Å². The third-order valence-corrected chi connectivity index (χ3v) is 4.92. The van der Waals surface area contributed by atoms with Gasteiger partial charge in [0.15, 0.2) is 0 Å². The number of benzene rings is 3. The molecule has 1 aromatic heterocycles. The summed E-state index contributed by atoms with van der Waals surface area (Å²) in [5.74, 6) is 0. The molecule has 3 aromatic carbocycles. The second kappa shape index (κ2) is 6.72. The molecule has 0 aliphatic rings. The summed E-state index contributed by atoms with van der Waals surface area (Å²) in [5.41, 5.74) is 3.58. The van der Waals surface area contributed by atoms with E-state index in [1.807, 2.05) is 66.1 Å². The van der Waals surface area contributed by atoms with Crippen molar-refractivity contribution in [2.24, 2.45) is 0 Å². The van der Waals surface area contributed by atoms with Gasteiger partial charge in [-0.05, 0) is 22.4 Å². The molecule has 0 saturated heterocycles. The van der Waals surface area contributed by atoms with Gasteiger partial charge in [0.05, 0.1) is 11.3 Å². The lowest BCUT2D eigenvalue weighted by molar-refractivity contribution is 1.37. The molecule has 0 N–H and O–H groups in total. The predicted octanol–water partition coefficient (Wildman–Crippen LogP) is 6.03. The zero-order valence-electron chi connectivity index (χ0n) is 13.4. The summed E-state index contributed by atoms with van der Waals surface area (Å²) in [6.45, 7) is 0. The van der Waals surface area contributed by atoms with Crippen molar-refractivity contribution in [3.8, 4) is 17.3 Å². The first-order valence-corrected chi connectivity index (χ1v) is 8.84. The van der Waals surface area contributed by atoms with Gasteiger partial charge in [0.1, 0.15) is 11.1 Å². The van der Waals surface area contributed by atoms with Crippen LogP contribution in [0.5, 0.6) is 0 Å². The molecule has 0 fully saturated rings. The lowest BCUT2D eigenvalue weighted by atomic mass is 10.0. The molecular weight excluding hydrogens is 324 g/mol.